The molecule has 78 valence electrons. The molecule has 0 rings (SSSR count). The van der Waals surface area contributed by atoms with Gasteiger partial charge in [0.1, 0.15) is 0 Å². The van der Waals surface area contributed by atoms with Gasteiger partial charge < -0.3 is 5.32 Å². The van der Waals surface area contributed by atoms with E-state index in [1.165, 1.54) is 12.1 Å². The Bertz CT molecular complexity index is 162. The molecule has 0 spiro atoms. The maximum absolute atomic E-state index is 3.53. The van der Waals surface area contributed by atoms with Crippen LogP contribution in [0, 0.1) is 5.41 Å². The number of hydrogen-bond donors (Lipinski definition) is 1. The summed E-state index contributed by atoms with van der Waals surface area (Å²) in [7, 11) is 0. The van der Waals surface area contributed by atoms with E-state index in [1.54, 1.807) is 0 Å². The Labute approximate surface area is 83.6 Å². The van der Waals surface area contributed by atoms with Crippen LogP contribution in [0.4, 0.5) is 0 Å². The van der Waals surface area contributed by atoms with Crippen LogP contribution in [0.1, 0.15) is 54.4 Å². The van der Waals surface area contributed by atoms with Crippen molar-refractivity contribution in [1.29, 1.82) is 0 Å². The van der Waals surface area contributed by atoms with Crippen LogP contribution in [0.3, 0.4) is 0 Å². The lowest BCUT2D eigenvalue weighted by molar-refractivity contribution is 0.328. The SMILES string of the molecule is CC=C(CC)NC(C)CC(C)(C)C. The second kappa shape index (κ2) is 5.31. The normalized spacial score (nSPS) is 15.7. The second-order valence-corrected chi connectivity index (χ2v) is 4.98. The van der Waals surface area contributed by atoms with Crippen molar-refractivity contribution in [2.24, 2.45) is 5.41 Å². The van der Waals surface area contributed by atoms with Crippen LogP contribution in [0.25, 0.3) is 0 Å². The first-order valence-electron chi connectivity index (χ1n) is 5.30. The zero-order valence-corrected chi connectivity index (χ0v) is 10.1. The average molecular weight is 183 g/mol. The highest BCUT2D eigenvalue weighted by Crippen LogP contribution is 2.21. The van der Waals surface area contributed by atoms with Gasteiger partial charge in [-0.15, -0.1) is 0 Å². The van der Waals surface area contributed by atoms with Gasteiger partial charge in [0.15, 0.2) is 0 Å². The minimum Gasteiger partial charge on any atom is -0.386 e. The lowest BCUT2D eigenvalue weighted by atomic mass is 9.88. The quantitative estimate of drug-likeness (QED) is 0.700. The van der Waals surface area contributed by atoms with Gasteiger partial charge in [-0.2, -0.15) is 0 Å². The Kier molecular flexibility index (Phi) is 5.12. The van der Waals surface area contributed by atoms with Crippen molar-refractivity contribution in [2.75, 3.05) is 0 Å². The molecule has 0 amide bonds. The summed E-state index contributed by atoms with van der Waals surface area (Å²) in [5.74, 6) is 0. The van der Waals surface area contributed by atoms with E-state index >= 15 is 0 Å². The van der Waals surface area contributed by atoms with Crippen molar-refractivity contribution in [1.82, 2.24) is 5.32 Å². The lowest BCUT2D eigenvalue weighted by Gasteiger charge is -2.25. The Morgan fingerprint density at radius 2 is 1.92 bits per heavy atom. The molecule has 0 radical (unpaired) electrons. The Morgan fingerprint density at radius 3 is 2.23 bits per heavy atom. The summed E-state index contributed by atoms with van der Waals surface area (Å²) in [4.78, 5) is 0. The van der Waals surface area contributed by atoms with E-state index in [9.17, 15) is 0 Å². The van der Waals surface area contributed by atoms with Crippen LogP contribution in [-0.4, -0.2) is 6.04 Å². The summed E-state index contributed by atoms with van der Waals surface area (Å²) >= 11 is 0. The van der Waals surface area contributed by atoms with Gasteiger partial charge >= 0.3 is 0 Å². The van der Waals surface area contributed by atoms with E-state index < -0.39 is 0 Å². The first kappa shape index (κ1) is 12.5. The van der Waals surface area contributed by atoms with Crippen molar-refractivity contribution in [3.8, 4) is 0 Å². The second-order valence-electron chi connectivity index (χ2n) is 4.98. The number of rotatable bonds is 4. The Balaban J connectivity index is 3.94. The zero-order valence-electron chi connectivity index (χ0n) is 10.1. The average Bonchev–Trinajstić information content (AvgIpc) is 1.96. The molecule has 0 aliphatic carbocycles. The fourth-order valence-corrected chi connectivity index (χ4v) is 1.68. The number of nitrogens with one attached hydrogen (secondary N) is 1. The summed E-state index contributed by atoms with van der Waals surface area (Å²) in [6.07, 6.45) is 4.48. The highest BCUT2D eigenvalue weighted by atomic mass is 14.9. The van der Waals surface area contributed by atoms with Crippen LogP contribution >= 0.6 is 0 Å². The molecule has 0 saturated heterocycles. The van der Waals surface area contributed by atoms with Crippen LogP contribution in [0.5, 0.6) is 0 Å². The Hall–Kier alpha value is -0.460. The van der Waals surface area contributed by atoms with Gasteiger partial charge in [-0.25, -0.2) is 0 Å². The molecule has 1 atom stereocenters. The summed E-state index contributed by atoms with van der Waals surface area (Å²) in [6.45, 7) is 13.4. The third-order valence-electron chi connectivity index (χ3n) is 2.08. The van der Waals surface area contributed by atoms with Gasteiger partial charge in [0.25, 0.3) is 0 Å². The third kappa shape index (κ3) is 6.68. The summed E-state index contributed by atoms with van der Waals surface area (Å²) in [5.41, 5.74) is 1.77. The molecular weight excluding hydrogens is 158 g/mol. The van der Waals surface area contributed by atoms with Gasteiger partial charge in [0.2, 0.25) is 0 Å². The van der Waals surface area contributed by atoms with Gasteiger partial charge in [-0.05, 0) is 32.1 Å². The van der Waals surface area contributed by atoms with Crippen molar-refractivity contribution >= 4 is 0 Å². The maximum Gasteiger partial charge on any atom is 0.0234 e. The van der Waals surface area contributed by atoms with Crippen LogP contribution in [-0.2, 0) is 0 Å². The molecule has 0 fully saturated rings. The van der Waals surface area contributed by atoms with Crippen LogP contribution < -0.4 is 5.32 Å². The Morgan fingerprint density at radius 1 is 1.38 bits per heavy atom. The first-order chi connectivity index (χ1) is 5.89. The van der Waals surface area contributed by atoms with Crippen molar-refractivity contribution in [2.45, 2.75) is 60.4 Å². The molecule has 0 aliphatic rings. The fourth-order valence-electron chi connectivity index (χ4n) is 1.68. The monoisotopic (exact) mass is 183 g/mol. The number of allylic oxidation sites excluding steroid dienone is 2. The summed E-state index contributed by atoms with van der Waals surface area (Å²) < 4.78 is 0. The van der Waals surface area contributed by atoms with E-state index in [0.29, 0.717) is 11.5 Å². The van der Waals surface area contributed by atoms with Gasteiger partial charge in [-0.1, -0.05) is 33.8 Å². The molecule has 1 nitrogen and oxygen atoms in total. The molecule has 13 heavy (non-hydrogen) atoms. The van der Waals surface area contributed by atoms with E-state index in [1.807, 2.05) is 0 Å². The highest BCUT2D eigenvalue weighted by Gasteiger charge is 2.14. The van der Waals surface area contributed by atoms with Crippen molar-refractivity contribution in [3.63, 3.8) is 0 Å². The molecule has 0 heterocycles. The molecule has 0 aromatic heterocycles. The largest absolute Gasteiger partial charge is 0.386 e. The standard InChI is InChI=1S/C12H25N/c1-7-11(8-2)13-10(3)9-12(4,5)6/h7,10,13H,8-9H2,1-6H3. The fraction of sp³-hybridized carbons (Fsp3) is 0.833. The van der Waals surface area contributed by atoms with E-state index in [0.717, 1.165) is 6.42 Å². The molecule has 1 N–H and O–H groups in total. The minimum atomic E-state index is 0.416. The first-order valence-corrected chi connectivity index (χ1v) is 5.30. The third-order valence-corrected chi connectivity index (χ3v) is 2.08. The van der Waals surface area contributed by atoms with Crippen molar-refractivity contribution < 1.29 is 0 Å². The van der Waals surface area contributed by atoms with Gasteiger partial charge in [0, 0.05) is 11.7 Å². The van der Waals surface area contributed by atoms with Crippen LogP contribution in [0.15, 0.2) is 11.8 Å². The molecule has 0 aromatic rings. The van der Waals surface area contributed by atoms with Gasteiger partial charge in [-0.3, -0.25) is 0 Å². The van der Waals surface area contributed by atoms with E-state index in [-0.39, 0.29) is 0 Å². The molecule has 0 aromatic carbocycles. The summed E-state index contributed by atoms with van der Waals surface area (Å²) in [6, 6.07) is 0.575. The topological polar surface area (TPSA) is 12.0 Å². The van der Waals surface area contributed by atoms with E-state index in [4.69, 9.17) is 0 Å². The predicted molar refractivity (Wildman–Crippen MR) is 60.7 cm³/mol. The maximum atomic E-state index is 3.53. The smallest absolute Gasteiger partial charge is 0.0234 e. The minimum absolute atomic E-state index is 0.416. The van der Waals surface area contributed by atoms with Gasteiger partial charge in [0.05, 0.1) is 0 Å². The zero-order chi connectivity index (χ0) is 10.5. The molecule has 0 bridgehead atoms. The number of hydrogen-bond acceptors (Lipinski definition) is 1. The molecule has 0 saturated carbocycles. The summed E-state index contributed by atoms with van der Waals surface area (Å²) in [5, 5.41) is 3.53. The predicted octanol–water partition coefficient (Wildman–Crippen LogP) is 3.71. The lowest BCUT2D eigenvalue weighted by Crippen LogP contribution is -2.29. The molecular formula is C12H25N. The van der Waals surface area contributed by atoms with Crippen LogP contribution in [0.2, 0.25) is 0 Å². The molecule has 0 aliphatic heterocycles. The van der Waals surface area contributed by atoms with Crippen molar-refractivity contribution in [3.05, 3.63) is 11.8 Å². The highest BCUT2D eigenvalue weighted by molar-refractivity contribution is 4.98. The molecule has 1 unspecified atom stereocenters. The van der Waals surface area contributed by atoms with E-state index in [2.05, 4.69) is 52.9 Å². The molecule has 1 heteroatoms.